The lowest BCUT2D eigenvalue weighted by Crippen LogP contribution is -2.50. The molecular weight excluding hydrogens is 422 g/mol. The third kappa shape index (κ3) is 6.05. The lowest BCUT2D eigenvalue weighted by atomic mass is 10.0. The summed E-state index contributed by atoms with van der Waals surface area (Å²) >= 11 is 0. The molecule has 0 saturated carbocycles. The zero-order chi connectivity index (χ0) is 24.0. The number of ether oxygens (including phenoxy) is 1. The number of aryl methyl sites for hydroxylation is 2. The summed E-state index contributed by atoms with van der Waals surface area (Å²) in [5.41, 5.74) is 1.39. The third-order valence-electron chi connectivity index (χ3n) is 5.28. The van der Waals surface area contributed by atoms with Crippen molar-refractivity contribution >= 4 is 16.9 Å². The number of fused-ring (bicyclic) bond motifs is 1. The first kappa shape index (κ1) is 25.8. The fourth-order valence-electron chi connectivity index (χ4n) is 3.34. The van der Waals surface area contributed by atoms with Gasteiger partial charge in [-0.05, 0) is 31.0 Å². The number of aliphatic hydroxyl groups is 5. The highest BCUT2D eigenvalue weighted by atomic mass is 16.5. The number of benzene rings is 1. The largest absolute Gasteiger partial charge is 0.483 e. The van der Waals surface area contributed by atoms with E-state index < -0.39 is 42.6 Å². The number of hydrogen-bond acceptors (Lipinski definition) is 9. The Kier molecular flexibility index (Phi) is 9.17. The molecule has 0 fully saturated rings. The summed E-state index contributed by atoms with van der Waals surface area (Å²) in [4.78, 5) is 25.4. The highest BCUT2D eigenvalue weighted by Gasteiger charge is 2.31. The van der Waals surface area contributed by atoms with Crippen LogP contribution >= 0.6 is 0 Å². The summed E-state index contributed by atoms with van der Waals surface area (Å²) in [6.07, 6.45) is -5.14. The minimum atomic E-state index is -1.78. The SMILES string of the molecule is CCCc1cc(=O)oc2c(C)c(OCC(=O)N(C)C[C@H](O)[C@H](O)[C@@H](O)[C@H](O)CO)ccc12. The predicted octanol–water partition coefficient (Wildman–Crippen LogP) is -0.673. The number of rotatable bonds is 11. The highest BCUT2D eigenvalue weighted by Crippen LogP contribution is 2.29. The fraction of sp³-hybridized carbons (Fsp3) is 0.545. The van der Waals surface area contributed by atoms with E-state index in [-0.39, 0.29) is 13.2 Å². The van der Waals surface area contributed by atoms with Crippen molar-refractivity contribution in [1.82, 2.24) is 4.90 Å². The summed E-state index contributed by atoms with van der Waals surface area (Å²) < 4.78 is 10.9. The van der Waals surface area contributed by atoms with Crippen molar-refractivity contribution in [2.45, 2.75) is 51.1 Å². The zero-order valence-electron chi connectivity index (χ0n) is 18.4. The van der Waals surface area contributed by atoms with Gasteiger partial charge in [0.25, 0.3) is 5.91 Å². The van der Waals surface area contributed by atoms with Gasteiger partial charge < -0.3 is 39.6 Å². The van der Waals surface area contributed by atoms with Crippen molar-refractivity contribution in [2.75, 3.05) is 26.8 Å². The van der Waals surface area contributed by atoms with Crippen molar-refractivity contribution in [2.24, 2.45) is 0 Å². The smallest absolute Gasteiger partial charge is 0.336 e. The molecule has 0 unspecified atom stereocenters. The van der Waals surface area contributed by atoms with Gasteiger partial charge in [0.05, 0.1) is 6.61 Å². The number of carbonyl (C=O) groups is 1. The normalized spacial score (nSPS) is 15.2. The van der Waals surface area contributed by atoms with E-state index in [9.17, 15) is 30.0 Å². The molecule has 0 radical (unpaired) electrons. The maximum atomic E-state index is 12.4. The van der Waals surface area contributed by atoms with Crippen LogP contribution < -0.4 is 10.4 Å². The van der Waals surface area contributed by atoms with Gasteiger partial charge in [0.1, 0.15) is 35.7 Å². The summed E-state index contributed by atoms with van der Waals surface area (Å²) in [6, 6.07) is 4.93. The molecule has 178 valence electrons. The maximum absolute atomic E-state index is 12.4. The van der Waals surface area contributed by atoms with E-state index in [0.717, 1.165) is 28.7 Å². The van der Waals surface area contributed by atoms with Gasteiger partial charge in [-0.3, -0.25) is 4.79 Å². The highest BCUT2D eigenvalue weighted by molar-refractivity contribution is 5.85. The summed E-state index contributed by atoms with van der Waals surface area (Å²) in [6.45, 7) is 2.21. The van der Waals surface area contributed by atoms with Crippen molar-refractivity contribution in [3.8, 4) is 5.75 Å². The Labute approximate surface area is 185 Å². The second-order valence-corrected chi connectivity index (χ2v) is 7.77. The lowest BCUT2D eigenvalue weighted by molar-refractivity contribution is -0.139. The predicted molar refractivity (Wildman–Crippen MR) is 115 cm³/mol. The van der Waals surface area contributed by atoms with Crippen LogP contribution in [0.4, 0.5) is 0 Å². The van der Waals surface area contributed by atoms with Crippen LogP contribution in [-0.2, 0) is 11.2 Å². The van der Waals surface area contributed by atoms with Gasteiger partial charge in [0.2, 0.25) is 0 Å². The topological polar surface area (TPSA) is 161 Å². The number of carbonyl (C=O) groups excluding carboxylic acids is 1. The first-order valence-corrected chi connectivity index (χ1v) is 10.4. The quantitative estimate of drug-likeness (QED) is 0.278. The number of nitrogens with zero attached hydrogens (tertiary/aromatic N) is 1. The Bertz CT molecular complexity index is 974. The molecule has 0 aliphatic rings. The molecule has 32 heavy (non-hydrogen) atoms. The van der Waals surface area contributed by atoms with E-state index in [1.54, 1.807) is 19.1 Å². The standard InChI is InChI=1S/C22H31NO9/c1-4-5-13-8-19(28)32-22-12(2)17(7-6-14(13)22)31-11-18(27)23(3)9-15(25)20(29)21(30)16(26)10-24/h6-8,15-16,20-21,24-26,29-30H,4-5,9-11H2,1-3H3/t15-,16+,20-,21-/m0/s1. The van der Waals surface area contributed by atoms with Crippen LogP contribution in [0.1, 0.15) is 24.5 Å². The maximum Gasteiger partial charge on any atom is 0.336 e. The van der Waals surface area contributed by atoms with Crippen molar-refractivity contribution in [3.05, 3.63) is 39.7 Å². The van der Waals surface area contributed by atoms with E-state index >= 15 is 0 Å². The van der Waals surface area contributed by atoms with Crippen LogP contribution in [-0.4, -0.2) is 87.6 Å². The van der Waals surface area contributed by atoms with Crippen molar-refractivity contribution in [1.29, 1.82) is 0 Å². The van der Waals surface area contributed by atoms with Crippen LogP contribution in [0.3, 0.4) is 0 Å². The van der Waals surface area contributed by atoms with E-state index in [0.29, 0.717) is 16.9 Å². The molecule has 0 aliphatic heterocycles. The molecule has 1 aromatic heterocycles. The number of aliphatic hydroxyl groups excluding tert-OH is 5. The molecule has 10 nitrogen and oxygen atoms in total. The molecule has 2 aromatic rings. The van der Waals surface area contributed by atoms with Crippen LogP contribution in [0.5, 0.6) is 5.75 Å². The zero-order valence-corrected chi connectivity index (χ0v) is 18.4. The lowest BCUT2D eigenvalue weighted by Gasteiger charge is -2.28. The van der Waals surface area contributed by atoms with Crippen LogP contribution in [0.15, 0.2) is 27.4 Å². The Balaban J connectivity index is 2.05. The van der Waals surface area contributed by atoms with E-state index in [4.69, 9.17) is 14.3 Å². The van der Waals surface area contributed by atoms with Gasteiger partial charge in [-0.1, -0.05) is 13.3 Å². The molecule has 0 saturated heterocycles. The third-order valence-corrected chi connectivity index (χ3v) is 5.28. The van der Waals surface area contributed by atoms with Gasteiger partial charge >= 0.3 is 5.63 Å². The second kappa shape index (κ2) is 11.4. The molecule has 0 spiro atoms. The monoisotopic (exact) mass is 453 g/mol. The average molecular weight is 453 g/mol. The molecule has 1 aromatic carbocycles. The molecular formula is C22H31NO9. The minimum Gasteiger partial charge on any atom is -0.483 e. The molecule has 4 atom stereocenters. The van der Waals surface area contributed by atoms with Crippen molar-refractivity contribution < 1.29 is 39.5 Å². The van der Waals surface area contributed by atoms with E-state index in [2.05, 4.69) is 0 Å². The summed E-state index contributed by atoms with van der Waals surface area (Å²) in [5, 5.41) is 48.6. The molecule has 5 N–H and O–H groups in total. The van der Waals surface area contributed by atoms with Crippen molar-refractivity contribution in [3.63, 3.8) is 0 Å². The number of likely N-dealkylation sites (N-methyl/N-ethyl adjacent to an activating group) is 1. The Hall–Kier alpha value is -2.50. The number of amides is 1. The Morgan fingerprint density at radius 2 is 1.81 bits per heavy atom. The van der Waals surface area contributed by atoms with Crippen LogP contribution in [0, 0.1) is 6.92 Å². The van der Waals surface area contributed by atoms with Gasteiger partial charge in [0, 0.05) is 30.6 Å². The minimum absolute atomic E-state index is 0.343. The molecule has 2 rings (SSSR count). The second-order valence-electron chi connectivity index (χ2n) is 7.77. The van der Waals surface area contributed by atoms with Gasteiger partial charge in [-0.15, -0.1) is 0 Å². The Morgan fingerprint density at radius 1 is 1.16 bits per heavy atom. The van der Waals surface area contributed by atoms with Crippen LogP contribution in [0.2, 0.25) is 0 Å². The average Bonchev–Trinajstić information content (AvgIpc) is 2.77. The van der Waals surface area contributed by atoms with E-state index in [1.165, 1.54) is 13.1 Å². The first-order chi connectivity index (χ1) is 15.1. The Morgan fingerprint density at radius 3 is 2.44 bits per heavy atom. The summed E-state index contributed by atoms with van der Waals surface area (Å²) in [7, 11) is 1.37. The molecule has 1 amide bonds. The van der Waals surface area contributed by atoms with Gasteiger partial charge in [-0.25, -0.2) is 4.79 Å². The number of hydrogen-bond donors (Lipinski definition) is 5. The fourth-order valence-corrected chi connectivity index (χ4v) is 3.34. The molecule has 10 heteroatoms. The van der Waals surface area contributed by atoms with Gasteiger partial charge in [0.15, 0.2) is 6.61 Å². The molecule has 0 bridgehead atoms. The van der Waals surface area contributed by atoms with E-state index in [1.807, 2.05) is 6.92 Å². The van der Waals surface area contributed by atoms with Crippen LogP contribution in [0.25, 0.3) is 11.0 Å². The molecule has 0 aliphatic carbocycles. The first-order valence-electron chi connectivity index (χ1n) is 10.4. The summed E-state index contributed by atoms with van der Waals surface area (Å²) in [5.74, 6) is -0.160. The molecule has 1 heterocycles. The van der Waals surface area contributed by atoms with Gasteiger partial charge in [-0.2, -0.15) is 0 Å².